The molecule has 0 aliphatic heterocycles. The normalized spacial score (nSPS) is 11.8. The molecular weight excluding hydrogens is 280 g/mol. The third-order valence-corrected chi connectivity index (χ3v) is 5.25. The minimum atomic E-state index is -3.21. The molecule has 0 saturated carbocycles. The van der Waals surface area contributed by atoms with Gasteiger partial charge in [0.05, 0.1) is 10.6 Å². The predicted octanol–water partition coefficient (Wildman–Crippen LogP) is 4.02. The van der Waals surface area contributed by atoms with Crippen LogP contribution in [0.1, 0.15) is 19.3 Å². The molecule has 0 bridgehead atoms. The molecule has 0 N–H and O–H groups in total. The quantitative estimate of drug-likeness (QED) is 0.596. The molecule has 2 aromatic rings. The predicted molar refractivity (Wildman–Crippen MR) is 80.6 cm³/mol. The first-order chi connectivity index (χ1) is 9.15. The Bertz CT molecular complexity index is 645. The van der Waals surface area contributed by atoms with Crippen LogP contribution in [0.15, 0.2) is 47.4 Å². The summed E-state index contributed by atoms with van der Waals surface area (Å²) in [6, 6.07) is 13.0. The molecule has 4 heteroatoms. The Kier molecular flexibility index (Phi) is 4.83. The van der Waals surface area contributed by atoms with Gasteiger partial charge in [-0.3, -0.25) is 0 Å². The molecule has 0 fully saturated rings. The van der Waals surface area contributed by atoms with Gasteiger partial charge in [0.1, 0.15) is 0 Å². The Morgan fingerprint density at radius 1 is 0.895 bits per heavy atom. The summed E-state index contributed by atoms with van der Waals surface area (Å²) in [7, 11) is -3.21. The summed E-state index contributed by atoms with van der Waals surface area (Å²) in [6.07, 6.45) is 2.39. The summed E-state index contributed by atoms with van der Waals surface area (Å²) in [5.41, 5.74) is 0. The first-order valence-corrected chi connectivity index (χ1v) is 8.60. The molecule has 19 heavy (non-hydrogen) atoms. The van der Waals surface area contributed by atoms with Crippen LogP contribution in [0.25, 0.3) is 10.8 Å². The lowest BCUT2D eigenvalue weighted by Gasteiger charge is -2.07. The zero-order valence-electron chi connectivity index (χ0n) is 10.7. The summed E-state index contributed by atoms with van der Waals surface area (Å²) >= 11 is 5.60. The van der Waals surface area contributed by atoms with Crippen LogP contribution in [-0.4, -0.2) is 20.1 Å². The highest BCUT2D eigenvalue weighted by molar-refractivity contribution is 7.91. The van der Waals surface area contributed by atoms with Gasteiger partial charge in [0.15, 0.2) is 9.84 Å². The number of benzene rings is 2. The van der Waals surface area contributed by atoms with Crippen molar-refractivity contribution in [3.05, 3.63) is 42.5 Å². The Morgan fingerprint density at radius 2 is 1.63 bits per heavy atom. The molecule has 0 aliphatic rings. The van der Waals surface area contributed by atoms with E-state index in [1.54, 1.807) is 12.1 Å². The molecular formula is C15H17ClO2S. The molecule has 0 heterocycles. The van der Waals surface area contributed by atoms with Gasteiger partial charge in [-0.15, -0.1) is 11.6 Å². The summed E-state index contributed by atoms with van der Waals surface area (Å²) in [5.74, 6) is 0.784. The Labute approximate surface area is 119 Å². The zero-order valence-corrected chi connectivity index (χ0v) is 12.3. The number of alkyl halides is 1. The summed E-state index contributed by atoms with van der Waals surface area (Å²) in [6.45, 7) is 0. The van der Waals surface area contributed by atoms with Crippen molar-refractivity contribution in [2.45, 2.75) is 24.2 Å². The second kappa shape index (κ2) is 6.40. The molecule has 102 valence electrons. The summed E-state index contributed by atoms with van der Waals surface area (Å²) < 4.78 is 24.8. The SMILES string of the molecule is O=S(=O)(CCCCCCl)c1cccc2ccccc12. The van der Waals surface area contributed by atoms with Crippen LogP contribution in [0.3, 0.4) is 0 Å². The summed E-state index contributed by atoms with van der Waals surface area (Å²) in [4.78, 5) is 0.441. The van der Waals surface area contributed by atoms with E-state index in [1.807, 2.05) is 30.3 Å². The Morgan fingerprint density at radius 3 is 2.42 bits per heavy atom. The number of sulfone groups is 1. The lowest BCUT2D eigenvalue weighted by atomic mass is 10.1. The van der Waals surface area contributed by atoms with Crippen molar-refractivity contribution < 1.29 is 8.42 Å². The monoisotopic (exact) mass is 296 g/mol. The molecule has 0 spiro atoms. The van der Waals surface area contributed by atoms with Gasteiger partial charge in [-0.1, -0.05) is 42.8 Å². The molecule has 0 aliphatic carbocycles. The van der Waals surface area contributed by atoms with Crippen LogP contribution in [0.4, 0.5) is 0 Å². The van der Waals surface area contributed by atoms with Gasteiger partial charge >= 0.3 is 0 Å². The van der Waals surface area contributed by atoms with Crippen molar-refractivity contribution in [3.8, 4) is 0 Å². The van der Waals surface area contributed by atoms with Crippen LogP contribution >= 0.6 is 11.6 Å². The zero-order chi connectivity index (χ0) is 13.7. The van der Waals surface area contributed by atoms with E-state index in [-0.39, 0.29) is 5.75 Å². The van der Waals surface area contributed by atoms with Crippen molar-refractivity contribution in [1.29, 1.82) is 0 Å². The van der Waals surface area contributed by atoms with E-state index in [4.69, 9.17) is 11.6 Å². The van der Waals surface area contributed by atoms with Crippen LogP contribution in [0, 0.1) is 0 Å². The van der Waals surface area contributed by atoms with Crippen LogP contribution < -0.4 is 0 Å². The van der Waals surface area contributed by atoms with E-state index >= 15 is 0 Å². The second-order valence-electron chi connectivity index (χ2n) is 4.55. The lowest BCUT2D eigenvalue weighted by Crippen LogP contribution is -2.07. The highest BCUT2D eigenvalue weighted by atomic mass is 35.5. The van der Waals surface area contributed by atoms with Gasteiger partial charge in [0.2, 0.25) is 0 Å². The van der Waals surface area contributed by atoms with Gasteiger partial charge in [0.25, 0.3) is 0 Å². The van der Waals surface area contributed by atoms with Gasteiger partial charge in [0, 0.05) is 11.3 Å². The van der Waals surface area contributed by atoms with Crippen LogP contribution in [-0.2, 0) is 9.84 Å². The van der Waals surface area contributed by atoms with Crippen molar-refractivity contribution in [2.75, 3.05) is 11.6 Å². The number of hydrogen-bond acceptors (Lipinski definition) is 2. The van der Waals surface area contributed by atoms with E-state index in [0.717, 1.165) is 23.6 Å². The molecule has 0 amide bonds. The molecule has 2 rings (SSSR count). The molecule has 0 aromatic heterocycles. The highest BCUT2D eigenvalue weighted by Crippen LogP contribution is 2.24. The Hall–Kier alpha value is -1.06. The lowest BCUT2D eigenvalue weighted by molar-refractivity contribution is 0.592. The molecule has 2 aromatic carbocycles. The van der Waals surface area contributed by atoms with Crippen molar-refractivity contribution in [2.24, 2.45) is 0 Å². The number of unbranched alkanes of at least 4 members (excludes halogenated alkanes) is 2. The van der Waals surface area contributed by atoms with E-state index in [1.165, 1.54) is 0 Å². The minimum absolute atomic E-state index is 0.192. The average Bonchev–Trinajstić information content (AvgIpc) is 2.43. The fourth-order valence-corrected chi connectivity index (χ4v) is 3.94. The van der Waals surface area contributed by atoms with Crippen molar-refractivity contribution in [3.63, 3.8) is 0 Å². The van der Waals surface area contributed by atoms with Crippen LogP contribution in [0.2, 0.25) is 0 Å². The second-order valence-corrected chi connectivity index (χ2v) is 7.00. The van der Waals surface area contributed by atoms with Gasteiger partial charge in [-0.2, -0.15) is 0 Å². The highest BCUT2D eigenvalue weighted by Gasteiger charge is 2.16. The van der Waals surface area contributed by atoms with E-state index in [2.05, 4.69) is 0 Å². The summed E-state index contributed by atoms with van der Waals surface area (Å²) in [5, 5.41) is 1.77. The molecule has 0 atom stereocenters. The molecule has 0 radical (unpaired) electrons. The smallest absolute Gasteiger partial charge is 0.178 e. The third kappa shape index (κ3) is 3.48. The largest absolute Gasteiger partial charge is 0.224 e. The first kappa shape index (κ1) is 14.4. The minimum Gasteiger partial charge on any atom is -0.224 e. The molecule has 0 saturated heterocycles. The van der Waals surface area contributed by atoms with Crippen LogP contribution in [0.5, 0.6) is 0 Å². The number of halogens is 1. The number of rotatable bonds is 6. The fraction of sp³-hybridized carbons (Fsp3) is 0.333. The van der Waals surface area contributed by atoms with Gasteiger partial charge < -0.3 is 0 Å². The maximum absolute atomic E-state index is 12.4. The standard InChI is InChI=1S/C15H17ClO2S/c16-11-4-1-5-12-19(17,18)15-10-6-8-13-7-2-3-9-14(13)15/h2-3,6-10H,1,4-5,11-12H2. The van der Waals surface area contributed by atoms with E-state index in [0.29, 0.717) is 17.2 Å². The fourth-order valence-electron chi connectivity index (χ4n) is 2.14. The van der Waals surface area contributed by atoms with E-state index < -0.39 is 9.84 Å². The van der Waals surface area contributed by atoms with Crippen molar-refractivity contribution >= 4 is 32.2 Å². The Balaban J connectivity index is 2.28. The number of hydrogen-bond donors (Lipinski definition) is 0. The van der Waals surface area contributed by atoms with Gasteiger partial charge in [-0.05, 0) is 24.3 Å². The third-order valence-electron chi connectivity index (χ3n) is 3.13. The van der Waals surface area contributed by atoms with E-state index in [9.17, 15) is 8.42 Å². The maximum atomic E-state index is 12.4. The molecule has 0 unspecified atom stereocenters. The maximum Gasteiger partial charge on any atom is 0.178 e. The average molecular weight is 297 g/mol. The van der Waals surface area contributed by atoms with Crippen molar-refractivity contribution in [1.82, 2.24) is 0 Å². The number of fused-ring (bicyclic) bond motifs is 1. The first-order valence-electron chi connectivity index (χ1n) is 6.41. The molecule has 2 nitrogen and oxygen atoms in total. The topological polar surface area (TPSA) is 34.1 Å². The van der Waals surface area contributed by atoms with Gasteiger partial charge in [-0.25, -0.2) is 8.42 Å².